The number of allylic oxidation sites excluding steroid dienone is 4. The number of carbonyl (C=O) groups is 4. The predicted molar refractivity (Wildman–Crippen MR) is 335 cm³/mol. The van der Waals surface area contributed by atoms with E-state index in [-0.39, 0.29) is 25.7 Å². The van der Waals surface area contributed by atoms with E-state index in [0.717, 1.165) is 121 Å². The first-order valence-corrected chi connectivity index (χ1v) is 36.3. The molecule has 19 heteroatoms. The summed E-state index contributed by atoms with van der Waals surface area (Å²) in [6, 6.07) is 0. The van der Waals surface area contributed by atoms with E-state index in [9.17, 15) is 43.2 Å². The highest BCUT2D eigenvalue weighted by Crippen LogP contribution is 2.45. The summed E-state index contributed by atoms with van der Waals surface area (Å²) in [5, 5.41) is 10.5. The van der Waals surface area contributed by atoms with Crippen molar-refractivity contribution in [2.24, 2.45) is 11.8 Å². The number of hydrogen-bond donors (Lipinski definition) is 3. The molecule has 0 aromatic heterocycles. The van der Waals surface area contributed by atoms with E-state index < -0.39 is 97.5 Å². The summed E-state index contributed by atoms with van der Waals surface area (Å²) < 4.78 is 67.9. The first-order chi connectivity index (χ1) is 40.4. The Morgan fingerprint density at radius 1 is 0.369 bits per heavy atom. The fraction of sp³-hybridized carbons (Fsp3) is 0.877. The van der Waals surface area contributed by atoms with Gasteiger partial charge in [-0.1, -0.05) is 246 Å². The van der Waals surface area contributed by atoms with Crippen LogP contribution >= 0.6 is 15.6 Å². The number of carbonyl (C=O) groups excluding carboxylic acids is 4. The molecule has 0 radical (unpaired) electrons. The molecule has 0 rings (SSSR count). The first kappa shape index (κ1) is 81.5. The second kappa shape index (κ2) is 57.0. The van der Waals surface area contributed by atoms with Gasteiger partial charge in [0.2, 0.25) is 0 Å². The zero-order valence-electron chi connectivity index (χ0n) is 53.7. The maximum atomic E-state index is 13.0. The number of phosphoric acid groups is 2. The molecular formula is C65H122O17P2. The van der Waals surface area contributed by atoms with Gasteiger partial charge in [0, 0.05) is 25.7 Å². The monoisotopic (exact) mass is 1240 g/mol. The van der Waals surface area contributed by atoms with Crippen LogP contribution in [0.5, 0.6) is 0 Å². The molecule has 3 N–H and O–H groups in total. The van der Waals surface area contributed by atoms with Crippen LogP contribution in [0.15, 0.2) is 24.3 Å². The van der Waals surface area contributed by atoms with Crippen molar-refractivity contribution >= 4 is 39.5 Å². The zero-order valence-corrected chi connectivity index (χ0v) is 55.5. The van der Waals surface area contributed by atoms with Crippen molar-refractivity contribution in [3.63, 3.8) is 0 Å². The Labute approximate surface area is 510 Å². The van der Waals surface area contributed by atoms with Crippen LogP contribution in [-0.2, 0) is 65.4 Å². The fourth-order valence-electron chi connectivity index (χ4n) is 9.17. The van der Waals surface area contributed by atoms with Crippen LogP contribution in [0.4, 0.5) is 0 Å². The lowest BCUT2D eigenvalue weighted by Gasteiger charge is -2.21. The number of hydrogen-bond acceptors (Lipinski definition) is 15. The molecule has 0 heterocycles. The topological polar surface area (TPSA) is 237 Å². The van der Waals surface area contributed by atoms with E-state index in [4.69, 9.17) is 37.0 Å². The van der Waals surface area contributed by atoms with Gasteiger partial charge < -0.3 is 33.8 Å². The summed E-state index contributed by atoms with van der Waals surface area (Å²) in [5.74, 6) is -0.734. The van der Waals surface area contributed by atoms with Crippen LogP contribution < -0.4 is 0 Å². The molecule has 0 aliphatic carbocycles. The Kier molecular flexibility index (Phi) is 55.3. The number of rotatable bonds is 62. The summed E-state index contributed by atoms with van der Waals surface area (Å²) in [7, 11) is -9.90. The van der Waals surface area contributed by atoms with E-state index in [2.05, 4.69) is 65.8 Å². The molecule has 0 fully saturated rings. The fourth-order valence-corrected chi connectivity index (χ4v) is 10.7. The second-order valence-corrected chi connectivity index (χ2v) is 26.7. The van der Waals surface area contributed by atoms with Crippen molar-refractivity contribution in [3.8, 4) is 0 Å². The van der Waals surface area contributed by atoms with E-state index in [1.54, 1.807) is 0 Å². The molecule has 494 valence electrons. The molecule has 0 aliphatic heterocycles. The van der Waals surface area contributed by atoms with Gasteiger partial charge in [-0.25, -0.2) is 9.13 Å². The van der Waals surface area contributed by atoms with Crippen molar-refractivity contribution in [2.75, 3.05) is 39.6 Å². The van der Waals surface area contributed by atoms with Crippen LogP contribution in [0.2, 0.25) is 0 Å². The zero-order chi connectivity index (χ0) is 62.2. The van der Waals surface area contributed by atoms with Gasteiger partial charge in [0.1, 0.15) is 19.3 Å². The summed E-state index contributed by atoms with van der Waals surface area (Å²) in [6.45, 7) is 9.31. The maximum Gasteiger partial charge on any atom is 0.472 e. The third-order valence-electron chi connectivity index (χ3n) is 14.3. The van der Waals surface area contributed by atoms with Gasteiger partial charge in [-0.15, -0.1) is 0 Å². The Morgan fingerprint density at radius 2 is 0.643 bits per heavy atom. The molecule has 0 aromatic carbocycles. The molecule has 0 aromatic rings. The standard InChI is InChI=1S/C65H122O17P2/c1-7-9-11-13-15-16-17-18-19-20-21-24-31-37-43-49-64(69)81-61(54-76-63(68)48-42-36-30-25-22-23-28-33-39-45-57(3)4)56-80-84(73,74)78-52-59(66)51-77-83(71,72)79-55-60(53-75-62(67)47-41-35-27-14-12-10-8-2)82-65(70)50-44-38-32-26-29-34-40-46-58(5)6/h16-19,57-61,66H,7-15,20-56H2,1-6H3,(H,71,72)(H,73,74)/b17-16-,19-18-/t59-,60+,61+/m0/s1. The molecule has 0 saturated heterocycles. The third kappa shape index (κ3) is 58.6. The summed E-state index contributed by atoms with van der Waals surface area (Å²) >= 11 is 0. The average molecular weight is 1240 g/mol. The normalized spacial score (nSPS) is 14.5. The average Bonchev–Trinajstić information content (AvgIpc) is 3.65. The summed E-state index contributed by atoms with van der Waals surface area (Å²) in [4.78, 5) is 72.1. The van der Waals surface area contributed by atoms with Gasteiger partial charge >= 0.3 is 39.5 Å². The summed E-state index contributed by atoms with van der Waals surface area (Å²) in [5.41, 5.74) is 0. The van der Waals surface area contributed by atoms with Gasteiger partial charge in [0.25, 0.3) is 0 Å². The van der Waals surface area contributed by atoms with Crippen molar-refractivity contribution in [2.45, 2.75) is 317 Å². The molecule has 84 heavy (non-hydrogen) atoms. The van der Waals surface area contributed by atoms with Crippen LogP contribution in [0.3, 0.4) is 0 Å². The number of phosphoric ester groups is 2. The van der Waals surface area contributed by atoms with Gasteiger partial charge in [-0.05, 0) is 63.2 Å². The molecule has 0 bridgehead atoms. The highest BCUT2D eigenvalue weighted by atomic mass is 31.2. The van der Waals surface area contributed by atoms with Gasteiger partial charge in [-0.2, -0.15) is 0 Å². The molecule has 2 unspecified atom stereocenters. The summed E-state index contributed by atoms with van der Waals surface area (Å²) in [6.07, 6.45) is 42.8. The van der Waals surface area contributed by atoms with Crippen LogP contribution in [0, 0.1) is 11.8 Å². The highest BCUT2D eigenvalue weighted by molar-refractivity contribution is 7.47. The van der Waals surface area contributed by atoms with Crippen LogP contribution in [0.1, 0.15) is 298 Å². The lowest BCUT2D eigenvalue weighted by atomic mass is 10.0. The third-order valence-corrected chi connectivity index (χ3v) is 16.2. The number of ether oxygens (including phenoxy) is 4. The lowest BCUT2D eigenvalue weighted by molar-refractivity contribution is -0.161. The Balaban J connectivity index is 5.26. The molecule has 17 nitrogen and oxygen atoms in total. The van der Waals surface area contributed by atoms with Gasteiger partial charge in [-0.3, -0.25) is 37.3 Å². The number of aliphatic hydroxyl groups is 1. The molecular weight excluding hydrogens is 1110 g/mol. The highest BCUT2D eigenvalue weighted by Gasteiger charge is 2.30. The smallest absolute Gasteiger partial charge is 0.462 e. The van der Waals surface area contributed by atoms with Crippen molar-refractivity contribution < 1.29 is 80.2 Å². The quantitative estimate of drug-likeness (QED) is 0.0169. The van der Waals surface area contributed by atoms with Gasteiger partial charge in [0.15, 0.2) is 12.2 Å². The Bertz CT molecular complexity index is 1740. The lowest BCUT2D eigenvalue weighted by Crippen LogP contribution is -2.30. The first-order valence-electron chi connectivity index (χ1n) is 33.3. The second-order valence-electron chi connectivity index (χ2n) is 23.8. The number of aliphatic hydroxyl groups excluding tert-OH is 1. The predicted octanol–water partition coefficient (Wildman–Crippen LogP) is 17.6. The molecule has 0 spiro atoms. The molecule has 0 saturated carbocycles. The van der Waals surface area contributed by atoms with Crippen molar-refractivity contribution in [1.82, 2.24) is 0 Å². The Hall–Kier alpha value is -2.46. The minimum atomic E-state index is -4.95. The SMILES string of the molecule is CCCCCC/C=C\C=C/CCCCCCCC(=O)O[C@H](COC(=O)CCCCCCCCCCCC(C)C)COP(=O)(O)OC[C@@H](O)COP(=O)(O)OC[C@@H](COC(=O)CCCCCCCCC)OC(=O)CCCCCCCCCC(C)C. The molecule has 0 aliphatic rings. The minimum absolute atomic E-state index is 0.0842. The number of unbranched alkanes of at least 4 members (excludes halogenated alkanes) is 29. The van der Waals surface area contributed by atoms with Crippen LogP contribution in [-0.4, -0.2) is 96.7 Å². The number of esters is 4. The van der Waals surface area contributed by atoms with Gasteiger partial charge in [0.05, 0.1) is 26.4 Å². The molecule has 5 atom stereocenters. The van der Waals surface area contributed by atoms with E-state index in [0.29, 0.717) is 31.6 Å². The molecule has 0 amide bonds. The van der Waals surface area contributed by atoms with Crippen molar-refractivity contribution in [1.29, 1.82) is 0 Å². The van der Waals surface area contributed by atoms with E-state index in [1.807, 2.05) is 0 Å². The van der Waals surface area contributed by atoms with E-state index in [1.165, 1.54) is 89.9 Å². The minimum Gasteiger partial charge on any atom is -0.462 e. The van der Waals surface area contributed by atoms with E-state index >= 15 is 0 Å². The maximum absolute atomic E-state index is 13.0. The Morgan fingerprint density at radius 3 is 0.976 bits per heavy atom. The largest absolute Gasteiger partial charge is 0.472 e. The van der Waals surface area contributed by atoms with Crippen LogP contribution in [0.25, 0.3) is 0 Å². The van der Waals surface area contributed by atoms with Crippen molar-refractivity contribution in [3.05, 3.63) is 24.3 Å².